The van der Waals surface area contributed by atoms with Gasteiger partial charge in [-0.25, -0.2) is 9.78 Å². The average Bonchev–Trinajstić information content (AvgIpc) is 3.28. The first-order valence-electron chi connectivity index (χ1n) is 13.3. The Labute approximate surface area is 246 Å². The van der Waals surface area contributed by atoms with Gasteiger partial charge in [0.1, 0.15) is 12.2 Å². The van der Waals surface area contributed by atoms with Crippen LogP contribution in [0.4, 0.5) is 0 Å². The first-order valence-corrected chi connectivity index (χ1v) is 14.2. The summed E-state index contributed by atoms with van der Waals surface area (Å²) < 4.78 is 11.3. The number of cyclic esters (lactones) is 2. The molecule has 0 fully saturated rings. The Morgan fingerprint density at radius 3 is 2.60 bits per heavy atom. The largest absolute Gasteiger partial charge is 0.462 e. The minimum Gasteiger partial charge on any atom is -0.462 e. The molecule has 1 aromatic heterocycles. The lowest BCUT2D eigenvalue weighted by molar-refractivity contribution is -0.148. The molecule has 40 heavy (non-hydrogen) atoms. The Morgan fingerprint density at radius 2 is 1.88 bits per heavy atom. The second-order valence-electron chi connectivity index (χ2n) is 9.79. The normalized spacial score (nSPS) is 24.2. The standard InChI is InChI=1S/C30H43N3O4S.2CH3/c1-6-32-15-14-21(2)10-11-23(4)17-27-19-28-33-26(20-38-28)13-12-25(31)18-30(35)36-24(5)16-22(3)8-7-9-29(34)37-27;;/h7-11,14,17,20,24-25,27,32H,6,12-13,15-16,18-19,31H2,1-5H3;2*1H3/q;2*-1/b9-7-,11-10+,21-14+,22-8+,23-17+;;/t24-,25+,27+;;/m0../s1. The molecule has 1 aliphatic heterocycles. The van der Waals surface area contributed by atoms with Gasteiger partial charge in [0.2, 0.25) is 0 Å². The van der Waals surface area contributed by atoms with Crippen LogP contribution < -0.4 is 11.1 Å². The van der Waals surface area contributed by atoms with E-state index in [2.05, 4.69) is 31.3 Å². The fraction of sp³-hybridized carbons (Fsp3) is 0.469. The van der Waals surface area contributed by atoms with E-state index in [0.29, 0.717) is 25.7 Å². The maximum atomic E-state index is 12.6. The molecule has 0 spiro atoms. The van der Waals surface area contributed by atoms with Gasteiger partial charge in [-0.15, -0.1) is 11.3 Å². The van der Waals surface area contributed by atoms with Crippen molar-refractivity contribution in [2.24, 2.45) is 5.73 Å². The maximum absolute atomic E-state index is 12.6. The molecule has 0 radical (unpaired) electrons. The van der Waals surface area contributed by atoms with E-state index < -0.39 is 12.1 Å². The Kier molecular flexibility index (Phi) is 18.7. The van der Waals surface area contributed by atoms with Gasteiger partial charge in [-0.2, -0.15) is 0 Å². The highest BCUT2D eigenvalue weighted by molar-refractivity contribution is 7.09. The van der Waals surface area contributed by atoms with Crippen molar-refractivity contribution in [3.05, 3.63) is 90.2 Å². The number of nitrogens with one attached hydrogen (secondary N) is 1. The maximum Gasteiger partial charge on any atom is 0.331 e. The monoisotopic (exact) mass is 571 g/mol. The number of esters is 2. The summed E-state index contributed by atoms with van der Waals surface area (Å²) in [6.45, 7) is 11.7. The number of hydrogen-bond donors (Lipinski definition) is 2. The Hall–Kier alpha value is -2.81. The van der Waals surface area contributed by atoms with Gasteiger partial charge in [0.25, 0.3) is 0 Å². The van der Waals surface area contributed by atoms with Crippen molar-refractivity contribution >= 4 is 23.3 Å². The van der Waals surface area contributed by atoms with Gasteiger partial charge in [-0.1, -0.05) is 54.0 Å². The molecule has 2 heterocycles. The Bertz CT molecular complexity index is 1070. The van der Waals surface area contributed by atoms with Crippen molar-refractivity contribution < 1.29 is 19.1 Å². The second-order valence-corrected chi connectivity index (χ2v) is 10.7. The number of nitrogens with zero attached hydrogens (tertiary/aromatic N) is 1. The van der Waals surface area contributed by atoms with Gasteiger partial charge in [-0.05, 0) is 53.2 Å². The van der Waals surface area contributed by atoms with E-state index in [1.807, 2.05) is 44.4 Å². The summed E-state index contributed by atoms with van der Waals surface area (Å²) in [6, 6.07) is -0.289. The SMILES string of the molecule is CCNC/C=C(C)/C=C/C(C)=C/[C@@H]1Cc2nc(cs2)CC[C@@H](N)CC(=O)O[C@@H](C)C/C(C)=C/C=C\C(=O)O1.[CH3-].[CH3-]. The van der Waals surface area contributed by atoms with Crippen LogP contribution >= 0.6 is 11.3 Å². The van der Waals surface area contributed by atoms with Crippen LogP contribution in [0.2, 0.25) is 0 Å². The molecule has 2 rings (SSSR count). The van der Waals surface area contributed by atoms with E-state index >= 15 is 0 Å². The minimum absolute atomic E-state index is 0. The highest BCUT2D eigenvalue weighted by atomic mass is 32.1. The molecule has 1 aromatic rings. The number of thiazole rings is 1. The van der Waals surface area contributed by atoms with Gasteiger partial charge in [0.05, 0.1) is 17.1 Å². The highest BCUT2D eigenvalue weighted by Crippen LogP contribution is 2.18. The number of hydrogen-bond acceptors (Lipinski definition) is 8. The molecular formula is C32H49N3O4S-2. The summed E-state index contributed by atoms with van der Waals surface area (Å²) in [5.74, 6) is -0.717. The molecule has 0 amide bonds. The molecule has 2 bridgehead atoms. The number of carbonyl (C=O) groups is 2. The fourth-order valence-electron chi connectivity index (χ4n) is 3.89. The third kappa shape index (κ3) is 15.7. The van der Waals surface area contributed by atoms with Gasteiger partial charge in [0.15, 0.2) is 0 Å². The van der Waals surface area contributed by atoms with Gasteiger partial charge < -0.3 is 35.4 Å². The van der Waals surface area contributed by atoms with Gasteiger partial charge in [-0.3, -0.25) is 4.79 Å². The van der Waals surface area contributed by atoms with Crippen molar-refractivity contribution in [1.82, 2.24) is 10.3 Å². The summed E-state index contributed by atoms with van der Waals surface area (Å²) in [7, 11) is 0. The number of likely N-dealkylation sites (N-methyl/N-ethyl adjacent to an activating group) is 1. The minimum atomic E-state index is -0.456. The number of carbonyl (C=O) groups excluding carboxylic acids is 2. The van der Waals surface area contributed by atoms with Crippen LogP contribution in [-0.4, -0.2) is 48.3 Å². The molecule has 224 valence electrons. The zero-order chi connectivity index (χ0) is 27.9. The molecule has 0 saturated heterocycles. The first kappa shape index (κ1) is 37.2. The van der Waals surface area contributed by atoms with E-state index in [4.69, 9.17) is 20.2 Å². The van der Waals surface area contributed by atoms with Crippen LogP contribution in [0, 0.1) is 14.9 Å². The number of rotatable bonds is 6. The number of ether oxygens (including phenoxy) is 2. The Morgan fingerprint density at radius 1 is 1.15 bits per heavy atom. The molecule has 3 N–H and O–H groups in total. The van der Waals surface area contributed by atoms with E-state index in [9.17, 15) is 9.59 Å². The van der Waals surface area contributed by atoms with Crippen molar-refractivity contribution in [2.45, 2.75) is 85.0 Å². The van der Waals surface area contributed by atoms with Crippen LogP contribution in [0.1, 0.15) is 64.6 Å². The molecule has 7 nitrogen and oxygen atoms in total. The summed E-state index contributed by atoms with van der Waals surface area (Å²) in [5, 5.41) is 6.16. The summed E-state index contributed by atoms with van der Waals surface area (Å²) in [5.41, 5.74) is 10.3. The number of allylic oxidation sites excluding steroid dienone is 6. The van der Waals surface area contributed by atoms with Crippen LogP contribution in [-0.2, 0) is 31.9 Å². The van der Waals surface area contributed by atoms with Crippen LogP contribution in [0.5, 0.6) is 0 Å². The molecule has 0 saturated carbocycles. The number of fused-ring (bicyclic) bond motifs is 2. The second kappa shape index (κ2) is 20.1. The van der Waals surface area contributed by atoms with Crippen LogP contribution in [0.25, 0.3) is 0 Å². The smallest absolute Gasteiger partial charge is 0.331 e. The van der Waals surface area contributed by atoms with E-state index in [1.165, 1.54) is 17.4 Å². The van der Waals surface area contributed by atoms with Crippen LogP contribution in [0.3, 0.4) is 0 Å². The van der Waals surface area contributed by atoms with E-state index in [0.717, 1.165) is 40.5 Å². The predicted molar refractivity (Wildman–Crippen MR) is 168 cm³/mol. The molecule has 8 heteroatoms. The molecule has 0 aliphatic carbocycles. The highest BCUT2D eigenvalue weighted by Gasteiger charge is 2.17. The lowest BCUT2D eigenvalue weighted by Crippen LogP contribution is -2.27. The van der Waals surface area contributed by atoms with Crippen molar-refractivity contribution in [2.75, 3.05) is 13.1 Å². The molecular weight excluding hydrogens is 522 g/mol. The zero-order valence-corrected chi connectivity index (χ0v) is 26.2. The van der Waals surface area contributed by atoms with Crippen molar-refractivity contribution in [1.29, 1.82) is 0 Å². The summed E-state index contributed by atoms with van der Waals surface area (Å²) >= 11 is 1.54. The van der Waals surface area contributed by atoms with Crippen molar-refractivity contribution in [3.8, 4) is 0 Å². The van der Waals surface area contributed by atoms with E-state index in [-0.39, 0.29) is 39.4 Å². The van der Waals surface area contributed by atoms with Crippen LogP contribution in [0.15, 0.2) is 64.6 Å². The van der Waals surface area contributed by atoms with Gasteiger partial charge in [0, 0.05) is 36.9 Å². The number of aromatic nitrogens is 1. The Balaban J connectivity index is 0.00000760. The lowest BCUT2D eigenvalue weighted by Gasteiger charge is -2.15. The van der Waals surface area contributed by atoms with E-state index in [1.54, 1.807) is 6.08 Å². The average molecular weight is 572 g/mol. The quantitative estimate of drug-likeness (QED) is 0.186. The number of nitrogens with two attached hydrogens (primary N) is 1. The molecule has 0 aromatic carbocycles. The predicted octanol–water partition coefficient (Wildman–Crippen LogP) is 6.04. The van der Waals surface area contributed by atoms with Gasteiger partial charge >= 0.3 is 11.9 Å². The third-order valence-electron chi connectivity index (χ3n) is 5.87. The summed E-state index contributed by atoms with van der Waals surface area (Å²) in [6.07, 6.45) is 14.9. The molecule has 1 aliphatic rings. The summed E-state index contributed by atoms with van der Waals surface area (Å²) in [4.78, 5) is 29.6. The number of aryl methyl sites for hydroxylation is 1. The fourth-order valence-corrected chi connectivity index (χ4v) is 4.76. The molecule has 0 unspecified atom stereocenters. The third-order valence-corrected chi connectivity index (χ3v) is 6.79. The van der Waals surface area contributed by atoms with Crippen molar-refractivity contribution in [3.63, 3.8) is 0 Å². The lowest BCUT2D eigenvalue weighted by atomic mass is 10.1. The molecule has 3 atom stereocenters. The zero-order valence-electron chi connectivity index (χ0n) is 25.4. The topological polar surface area (TPSA) is 104 Å². The first-order chi connectivity index (χ1) is 18.1.